The summed E-state index contributed by atoms with van der Waals surface area (Å²) in [5.74, 6) is -0.991. The number of nitrogens with two attached hydrogens (primary N) is 1. The molecule has 0 radical (unpaired) electrons. The van der Waals surface area contributed by atoms with E-state index in [2.05, 4.69) is 0 Å². The van der Waals surface area contributed by atoms with E-state index in [1.165, 1.54) is 4.90 Å². The molecule has 2 N–H and O–H groups in total. The summed E-state index contributed by atoms with van der Waals surface area (Å²) in [5, 5.41) is 0.733. The van der Waals surface area contributed by atoms with Crippen molar-refractivity contribution < 1.29 is 36.0 Å². The van der Waals surface area contributed by atoms with Gasteiger partial charge in [0, 0.05) is 6.54 Å². The number of esters is 1. The Morgan fingerprint density at radius 3 is 2.37 bits per heavy atom. The van der Waals surface area contributed by atoms with Gasteiger partial charge in [0.1, 0.15) is 6.04 Å². The lowest BCUT2D eigenvalue weighted by molar-refractivity contribution is -0.153. The zero-order valence-corrected chi connectivity index (χ0v) is 18.9. The van der Waals surface area contributed by atoms with Crippen LogP contribution in [0.5, 0.6) is 0 Å². The van der Waals surface area contributed by atoms with Gasteiger partial charge in [0.15, 0.2) is 0 Å². The highest BCUT2D eigenvalue weighted by Crippen LogP contribution is 2.31. The van der Waals surface area contributed by atoms with Gasteiger partial charge in [-0.05, 0) is 45.4 Å². The number of carbonyl (C=O) groups excluding carboxylic acids is 3. The SMILES string of the molecule is CC(C)(CCOC(=O)C(C)(C)C)COS(=O)(=O)ON1C(=O)N2CC1CCC2C(N)=O. The van der Waals surface area contributed by atoms with Gasteiger partial charge in [-0.3, -0.25) is 9.59 Å². The van der Waals surface area contributed by atoms with Crippen molar-refractivity contribution in [1.29, 1.82) is 0 Å². The molecule has 2 fully saturated rings. The van der Waals surface area contributed by atoms with E-state index < -0.39 is 45.3 Å². The Labute approximate surface area is 177 Å². The first-order valence-electron chi connectivity index (χ1n) is 9.78. The van der Waals surface area contributed by atoms with Crippen molar-refractivity contribution in [1.82, 2.24) is 9.96 Å². The Balaban J connectivity index is 1.87. The maximum atomic E-state index is 12.4. The predicted octanol–water partition coefficient (Wildman–Crippen LogP) is 0.939. The molecular formula is C18H31N3O8S. The van der Waals surface area contributed by atoms with E-state index in [-0.39, 0.29) is 25.7 Å². The zero-order chi connectivity index (χ0) is 22.9. The number of primary amides is 1. The van der Waals surface area contributed by atoms with Crippen molar-refractivity contribution in [3.8, 4) is 0 Å². The maximum Gasteiger partial charge on any atom is 0.421 e. The van der Waals surface area contributed by atoms with Crippen LogP contribution in [0.25, 0.3) is 0 Å². The third kappa shape index (κ3) is 6.05. The summed E-state index contributed by atoms with van der Waals surface area (Å²) in [6, 6.07) is -2.01. The van der Waals surface area contributed by atoms with Crippen LogP contribution in [0.15, 0.2) is 0 Å². The van der Waals surface area contributed by atoms with Crippen LogP contribution in [0.2, 0.25) is 0 Å². The van der Waals surface area contributed by atoms with Crippen LogP contribution in [0, 0.1) is 10.8 Å². The van der Waals surface area contributed by atoms with E-state index in [4.69, 9.17) is 18.9 Å². The quantitative estimate of drug-likeness (QED) is 0.512. The second-order valence-electron chi connectivity index (χ2n) is 9.46. The van der Waals surface area contributed by atoms with Crippen LogP contribution in [0.4, 0.5) is 4.79 Å². The topological polar surface area (TPSA) is 146 Å². The highest BCUT2D eigenvalue weighted by Gasteiger charge is 2.49. The molecule has 11 nitrogen and oxygen atoms in total. The number of hydrogen-bond acceptors (Lipinski definition) is 8. The molecule has 2 saturated heterocycles. The van der Waals surface area contributed by atoms with Crippen molar-refractivity contribution in [2.75, 3.05) is 19.8 Å². The van der Waals surface area contributed by atoms with Gasteiger partial charge in [-0.25, -0.2) is 8.98 Å². The summed E-state index contributed by atoms with van der Waals surface area (Å²) in [4.78, 5) is 36.9. The number of fused-ring (bicyclic) bond motifs is 2. The van der Waals surface area contributed by atoms with Crippen LogP contribution < -0.4 is 5.73 Å². The second-order valence-corrected chi connectivity index (χ2v) is 10.7. The zero-order valence-electron chi connectivity index (χ0n) is 18.0. The van der Waals surface area contributed by atoms with Gasteiger partial charge in [0.05, 0.1) is 24.7 Å². The van der Waals surface area contributed by atoms with E-state index >= 15 is 0 Å². The monoisotopic (exact) mass is 449 g/mol. The summed E-state index contributed by atoms with van der Waals surface area (Å²) in [5.41, 5.74) is 4.04. The van der Waals surface area contributed by atoms with Crippen molar-refractivity contribution in [2.24, 2.45) is 16.6 Å². The Hall–Kier alpha value is -1.92. The van der Waals surface area contributed by atoms with E-state index in [9.17, 15) is 22.8 Å². The first kappa shape index (κ1) is 24.4. The lowest BCUT2D eigenvalue weighted by Crippen LogP contribution is -2.47. The fraction of sp³-hybridized carbons (Fsp3) is 0.833. The molecule has 0 spiro atoms. The van der Waals surface area contributed by atoms with Crippen LogP contribution in [-0.4, -0.2) is 68.1 Å². The van der Waals surface area contributed by atoms with E-state index in [0.29, 0.717) is 19.3 Å². The van der Waals surface area contributed by atoms with Crippen molar-refractivity contribution in [3.63, 3.8) is 0 Å². The summed E-state index contributed by atoms with van der Waals surface area (Å²) in [6.45, 7) is 8.77. The van der Waals surface area contributed by atoms with E-state index in [1.807, 2.05) is 0 Å². The minimum absolute atomic E-state index is 0.115. The molecule has 12 heteroatoms. The molecule has 3 amide bonds. The maximum absolute atomic E-state index is 12.4. The van der Waals surface area contributed by atoms with Gasteiger partial charge in [-0.1, -0.05) is 13.8 Å². The van der Waals surface area contributed by atoms with Crippen molar-refractivity contribution in [2.45, 2.75) is 66.0 Å². The molecule has 2 aliphatic heterocycles. The number of carbonyl (C=O) groups is 3. The predicted molar refractivity (Wildman–Crippen MR) is 105 cm³/mol. The standard InChI is InChI=1S/C18H31N3O8S/c1-17(2,3)15(23)27-9-8-18(4,5)11-28-30(25,26)29-21-12-6-7-13(14(19)22)20(10-12)16(21)24/h12-13H,6-11H2,1-5H3,(H2,19,22). The lowest BCUT2D eigenvalue weighted by Gasteiger charge is -2.27. The highest BCUT2D eigenvalue weighted by molar-refractivity contribution is 7.81. The summed E-state index contributed by atoms with van der Waals surface area (Å²) in [6.07, 6.45) is 1.09. The van der Waals surface area contributed by atoms with Gasteiger partial charge in [0.2, 0.25) is 5.91 Å². The lowest BCUT2D eigenvalue weighted by atomic mass is 9.91. The minimum Gasteiger partial charge on any atom is -0.465 e. The summed E-state index contributed by atoms with van der Waals surface area (Å²) >= 11 is 0. The Morgan fingerprint density at radius 1 is 1.17 bits per heavy atom. The third-order valence-corrected chi connectivity index (χ3v) is 5.79. The molecule has 0 aliphatic carbocycles. The number of urea groups is 1. The number of hydroxylamine groups is 2. The smallest absolute Gasteiger partial charge is 0.421 e. The largest absolute Gasteiger partial charge is 0.465 e. The molecule has 2 heterocycles. The number of nitrogens with zero attached hydrogens (tertiary/aromatic N) is 2. The first-order chi connectivity index (χ1) is 13.6. The normalized spacial score (nSPS) is 22.4. The second kappa shape index (κ2) is 8.67. The Kier molecular flexibility index (Phi) is 7.04. The first-order valence-corrected chi connectivity index (χ1v) is 11.1. The van der Waals surface area contributed by atoms with Gasteiger partial charge in [0.25, 0.3) is 0 Å². The van der Waals surface area contributed by atoms with Crippen molar-refractivity contribution >= 4 is 28.3 Å². The molecule has 0 aromatic carbocycles. The molecule has 172 valence electrons. The van der Waals surface area contributed by atoms with Crippen LogP contribution >= 0.6 is 0 Å². The molecule has 2 rings (SSSR count). The molecule has 0 aromatic heterocycles. The van der Waals surface area contributed by atoms with E-state index in [1.54, 1.807) is 34.6 Å². The Bertz CT molecular complexity index is 790. The fourth-order valence-electron chi connectivity index (χ4n) is 3.09. The molecular weight excluding hydrogens is 418 g/mol. The highest BCUT2D eigenvalue weighted by atomic mass is 32.3. The molecule has 30 heavy (non-hydrogen) atoms. The minimum atomic E-state index is -4.52. The van der Waals surface area contributed by atoms with Gasteiger partial charge in [-0.2, -0.15) is 13.5 Å². The molecule has 2 unspecified atom stereocenters. The number of amides is 3. The average Bonchev–Trinajstić information content (AvgIpc) is 2.83. The van der Waals surface area contributed by atoms with Gasteiger partial charge >= 0.3 is 22.4 Å². The van der Waals surface area contributed by atoms with Crippen LogP contribution in [-0.2, 0) is 33.2 Å². The van der Waals surface area contributed by atoms with Crippen molar-refractivity contribution in [3.05, 3.63) is 0 Å². The molecule has 0 aromatic rings. The van der Waals surface area contributed by atoms with Crippen LogP contribution in [0.1, 0.15) is 53.9 Å². The number of piperidine rings is 1. The molecule has 0 saturated carbocycles. The molecule has 2 bridgehead atoms. The summed E-state index contributed by atoms with van der Waals surface area (Å²) in [7, 11) is -4.52. The molecule has 2 atom stereocenters. The third-order valence-electron chi connectivity index (χ3n) is 5.04. The van der Waals surface area contributed by atoms with E-state index in [0.717, 1.165) is 5.06 Å². The van der Waals surface area contributed by atoms with Gasteiger partial charge < -0.3 is 15.4 Å². The summed E-state index contributed by atoms with van der Waals surface area (Å²) < 4.78 is 39.6. The Morgan fingerprint density at radius 2 is 1.80 bits per heavy atom. The van der Waals surface area contributed by atoms with Crippen LogP contribution in [0.3, 0.4) is 0 Å². The number of hydrogen-bond donors (Lipinski definition) is 1. The average molecular weight is 450 g/mol. The number of rotatable bonds is 9. The fourth-order valence-corrected chi connectivity index (χ4v) is 3.97. The van der Waals surface area contributed by atoms with Gasteiger partial charge in [-0.15, -0.1) is 4.28 Å². The number of ether oxygens (including phenoxy) is 1. The molecule has 2 aliphatic rings.